The molecule has 1 spiro atoms. The molecule has 0 amide bonds. The van der Waals surface area contributed by atoms with Crippen molar-refractivity contribution in [1.82, 2.24) is 0 Å². The summed E-state index contributed by atoms with van der Waals surface area (Å²) in [4.78, 5) is 12.0. The van der Waals surface area contributed by atoms with Gasteiger partial charge in [-0.3, -0.25) is 0 Å². The molecule has 0 radical (unpaired) electrons. The molecule has 1 aromatic rings. The van der Waals surface area contributed by atoms with Crippen LogP contribution >= 0.6 is 0 Å². The van der Waals surface area contributed by atoms with Crippen LogP contribution in [-0.4, -0.2) is 21.0 Å². The van der Waals surface area contributed by atoms with E-state index in [-0.39, 0.29) is 15.9 Å². The van der Waals surface area contributed by atoms with E-state index in [1.54, 1.807) is 7.11 Å². The van der Waals surface area contributed by atoms with E-state index in [9.17, 15) is 0 Å². The van der Waals surface area contributed by atoms with Gasteiger partial charge in [0.05, 0.1) is 0 Å². The van der Waals surface area contributed by atoms with Gasteiger partial charge in [-0.15, -0.1) is 0 Å². The minimum atomic E-state index is -1.97. The van der Waals surface area contributed by atoms with Gasteiger partial charge in [-0.2, -0.15) is 4.89 Å². The van der Waals surface area contributed by atoms with E-state index in [0.717, 1.165) is 29.7 Å². The first-order chi connectivity index (χ1) is 13.7. The Kier molecular flexibility index (Phi) is 4.71. The highest BCUT2D eigenvalue weighted by molar-refractivity contribution is 6.74. The standard InChI is InChI=1S/C25H40O4Si/c1-17-11-12-18(15-20(17)27-30(9,10)21(2,3)4)25(26-8)24(28-29-25)16-19-13-14-23(24,7)22(19,5)6/h11-12,15,19H,13-14,16H2,1-10H3. The van der Waals surface area contributed by atoms with Crippen molar-refractivity contribution in [2.75, 3.05) is 7.11 Å². The Labute approximate surface area is 183 Å². The Morgan fingerprint density at radius 3 is 2.20 bits per heavy atom. The number of hydrogen-bond donors (Lipinski definition) is 0. The van der Waals surface area contributed by atoms with Gasteiger partial charge in [0.15, 0.2) is 5.60 Å². The van der Waals surface area contributed by atoms with E-state index < -0.39 is 19.7 Å². The summed E-state index contributed by atoms with van der Waals surface area (Å²) in [6, 6.07) is 6.41. The fourth-order valence-electron chi connectivity index (χ4n) is 6.03. The second-order valence-corrected chi connectivity index (χ2v) is 16.9. The van der Waals surface area contributed by atoms with Crippen molar-refractivity contribution in [3.05, 3.63) is 29.3 Å². The minimum absolute atomic E-state index is 0.00966. The number of ether oxygens (including phenoxy) is 1. The second kappa shape index (κ2) is 6.34. The molecule has 1 aliphatic heterocycles. The van der Waals surface area contributed by atoms with Crippen LogP contribution < -0.4 is 4.43 Å². The lowest BCUT2D eigenvalue weighted by atomic mass is 9.60. The summed E-state index contributed by atoms with van der Waals surface area (Å²) in [6.45, 7) is 20.6. The van der Waals surface area contributed by atoms with Gasteiger partial charge < -0.3 is 9.16 Å². The summed E-state index contributed by atoms with van der Waals surface area (Å²) in [5.41, 5.74) is 1.85. The molecular formula is C25H40O4Si. The van der Waals surface area contributed by atoms with Gasteiger partial charge in [0.2, 0.25) is 8.32 Å². The van der Waals surface area contributed by atoms with E-state index in [4.69, 9.17) is 18.9 Å². The third-order valence-corrected chi connectivity index (χ3v) is 14.1. The Hall–Kier alpha value is -0.883. The number of methoxy groups -OCH3 is 1. The van der Waals surface area contributed by atoms with Crippen LogP contribution in [0, 0.1) is 23.7 Å². The zero-order valence-corrected chi connectivity index (χ0v) is 21.6. The van der Waals surface area contributed by atoms with Crippen LogP contribution in [0.15, 0.2) is 18.2 Å². The SMILES string of the molecule is COC1(c2ccc(C)c(O[Si](C)(C)C(C)(C)C)c2)OOC12CC1CCC2(C)C1(C)C. The third-order valence-electron chi connectivity index (χ3n) is 9.72. The Bertz CT molecular complexity index is 853. The molecule has 3 aliphatic rings. The first-order valence-electron chi connectivity index (χ1n) is 11.4. The monoisotopic (exact) mass is 432 g/mol. The molecule has 30 heavy (non-hydrogen) atoms. The average molecular weight is 433 g/mol. The molecule has 5 heteroatoms. The molecule has 2 saturated carbocycles. The highest BCUT2D eigenvalue weighted by atomic mass is 28.4. The minimum Gasteiger partial charge on any atom is -0.543 e. The summed E-state index contributed by atoms with van der Waals surface area (Å²) < 4.78 is 12.9. The summed E-state index contributed by atoms with van der Waals surface area (Å²) in [5, 5.41) is 0.133. The van der Waals surface area contributed by atoms with Crippen LogP contribution in [0.4, 0.5) is 0 Å². The lowest BCUT2D eigenvalue weighted by molar-refractivity contribution is -0.636. The molecule has 2 bridgehead atoms. The number of hydrogen-bond acceptors (Lipinski definition) is 4. The zero-order chi connectivity index (χ0) is 22.4. The second-order valence-electron chi connectivity index (χ2n) is 12.2. The van der Waals surface area contributed by atoms with E-state index in [1.807, 2.05) is 0 Å². The van der Waals surface area contributed by atoms with Crippen molar-refractivity contribution in [1.29, 1.82) is 0 Å². The molecular weight excluding hydrogens is 392 g/mol. The van der Waals surface area contributed by atoms with Crippen LogP contribution in [0.5, 0.6) is 5.75 Å². The van der Waals surface area contributed by atoms with Crippen LogP contribution in [0.1, 0.15) is 71.9 Å². The summed E-state index contributed by atoms with van der Waals surface area (Å²) in [6.07, 6.45) is 3.36. The molecule has 168 valence electrons. The molecule has 0 aromatic heterocycles. The van der Waals surface area contributed by atoms with Gasteiger partial charge in [-0.25, -0.2) is 4.89 Å². The van der Waals surface area contributed by atoms with E-state index in [1.165, 1.54) is 6.42 Å². The van der Waals surface area contributed by atoms with Crippen LogP contribution in [0.2, 0.25) is 18.1 Å². The average Bonchev–Trinajstić information content (AvgIpc) is 2.95. The number of fused-ring (bicyclic) bond motifs is 3. The Morgan fingerprint density at radius 2 is 1.77 bits per heavy atom. The summed E-state index contributed by atoms with van der Waals surface area (Å²) in [7, 11) is -0.215. The maximum atomic E-state index is 6.71. The third kappa shape index (κ3) is 2.49. The summed E-state index contributed by atoms with van der Waals surface area (Å²) in [5.74, 6) is 0.663. The van der Waals surface area contributed by atoms with Gasteiger partial charge in [0, 0.05) is 18.1 Å². The fourth-order valence-corrected chi connectivity index (χ4v) is 7.11. The molecule has 4 unspecified atom stereocenters. The summed E-state index contributed by atoms with van der Waals surface area (Å²) >= 11 is 0. The Morgan fingerprint density at radius 1 is 1.10 bits per heavy atom. The van der Waals surface area contributed by atoms with E-state index >= 15 is 0 Å². The molecule has 3 fully saturated rings. The number of benzene rings is 1. The lowest BCUT2D eigenvalue weighted by Crippen LogP contribution is -2.72. The van der Waals surface area contributed by atoms with Crippen LogP contribution in [0.25, 0.3) is 0 Å². The van der Waals surface area contributed by atoms with Crippen molar-refractivity contribution in [2.24, 2.45) is 16.7 Å². The molecule has 1 saturated heterocycles. The first-order valence-corrected chi connectivity index (χ1v) is 14.3. The number of rotatable bonds is 4. The smallest absolute Gasteiger partial charge is 0.260 e. The fraction of sp³-hybridized carbons (Fsp3) is 0.760. The molecule has 4 rings (SSSR count). The molecule has 0 N–H and O–H groups in total. The van der Waals surface area contributed by atoms with Crippen LogP contribution in [0.3, 0.4) is 0 Å². The molecule has 2 aliphatic carbocycles. The molecule has 4 nitrogen and oxygen atoms in total. The highest BCUT2D eigenvalue weighted by Gasteiger charge is 2.83. The lowest BCUT2D eigenvalue weighted by Gasteiger charge is -2.61. The van der Waals surface area contributed by atoms with Crippen molar-refractivity contribution < 1.29 is 18.9 Å². The van der Waals surface area contributed by atoms with Crippen LogP contribution in [-0.2, 0) is 20.3 Å². The largest absolute Gasteiger partial charge is 0.543 e. The Balaban J connectivity index is 1.77. The van der Waals surface area contributed by atoms with Crippen molar-refractivity contribution in [2.45, 2.75) is 97.2 Å². The van der Waals surface area contributed by atoms with Gasteiger partial charge in [-0.1, -0.05) is 53.7 Å². The zero-order valence-electron chi connectivity index (χ0n) is 20.6. The van der Waals surface area contributed by atoms with Gasteiger partial charge in [-0.05, 0) is 67.3 Å². The predicted molar refractivity (Wildman–Crippen MR) is 122 cm³/mol. The van der Waals surface area contributed by atoms with E-state index in [0.29, 0.717) is 5.92 Å². The maximum Gasteiger partial charge on any atom is 0.260 e. The first kappa shape index (κ1) is 22.3. The van der Waals surface area contributed by atoms with Gasteiger partial charge >= 0.3 is 0 Å². The molecule has 1 aromatic carbocycles. The van der Waals surface area contributed by atoms with Crippen molar-refractivity contribution in [3.8, 4) is 5.75 Å². The normalized spacial score (nSPS) is 37.5. The van der Waals surface area contributed by atoms with Crippen molar-refractivity contribution >= 4 is 8.32 Å². The maximum absolute atomic E-state index is 6.71. The number of aryl methyl sites for hydroxylation is 1. The topological polar surface area (TPSA) is 36.9 Å². The molecule has 1 heterocycles. The predicted octanol–water partition coefficient (Wildman–Crippen LogP) is 6.73. The quantitative estimate of drug-likeness (QED) is 0.391. The van der Waals surface area contributed by atoms with Crippen molar-refractivity contribution in [3.63, 3.8) is 0 Å². The van der Waals surface area contributed by atoms with Gasteiger partial charge in [0.25, 0.3) is 5.79 Å². The van der Waals surface area contributed by atoms with Gasteiger partial charge in [0.1, 0.15) is 5.75 Å². The highest BCUT2D eigenvalue weighted by Crippen LogP contribution is 2.77. The molecule has 4 atom stereocenters. The van der Waals surface area contributed by atoms with E-state index in [2.05, 4.69) is 79.8 Å².